The first kappa shape index (κ1) is 16.6. The zero-order chi connectivity index (χ0) is 16.9. The average molecular weight is 341 g/mol. The number of unbranched alkanes of at least 4 members (excludes halogenated alkanes) is 1. The molecule has 0 radical (unpaired) electrons. The molecule has 5 heteroatoms. The minimum atomic E-state index is -0.679. The number of amides is 2. The summed E-state index contributed by atoms with van der Waals surface area (Å²) in [4.78, 5) is 26.7. The van der Waals surface area contributed by atoms with Gasteiger partial charge in [-0.15, -0.1) is 0 Å². The lowest BCUT2D eigenvalue weighted by atomic mass is 9.90. The van der Waals surface area contributed by atoms with E-state index in [4.69, 9.17) is 4.74 Å². The number of hydrogen-bond donors (Lipinski definition) is 1. The van der Waals surface area contributed by atoms with Crippen LogP contribution in [0.1, 0.15) is 36.8 Å². The van der Waals surface area contributed by atoms with Gasteiger partial charge in [0.2, 0.25) is 5.91 Å². The summed E-state index contributed by atoms with van der Waals surface area (Å²) in [5, 5.41) is 2.38. The van der Waals surface area contributed by atoms with Crippen molar-refractivity contribution in [1.29, 1.82) is 0 Å². The van der Waals surface area contributed by atoms with Crippen molar-refractivity contribution in [2.45, 2.75) is 35.5 Å². The van der Waals surface area contributed by atoms with E-state index in [-0.39, 0.29) is 5.91 Å². The van der Waals surface area contributed by atoms with Gasteiger partial charge in [0.05, 0.1) is 12.5 Å². The molecule has 0 fully saturated rings. The molecule has 1 aliphatic heterocycles. The third-order valence-electron chi connectivity index (χ3n) is 3.90. The Bertz CT molecular complexity index is 714. The van der Waals surface area contributed by atoms with E-state index in [1.807, 2.05) is 55.5 Å². The van der Waals surface area contributed by atoms with Gasteiger partial charge in [-0.25, -0.2) is 4.79 Å². The highest BCUT2D eigenvalue weighted by atomic mass is 32.2. The van der Waals surface area contributed by atoms with Crippen molar-refractivity contribution in [2.75, 3.05) is 6.61 Å². The molecule has 0 aromatic heterocycles. The Kier molecular flexibility index (Phi) is 5.20. The zero-order valence-corrected chi connectivity index (χ0v) is 14.3. The molecule has 0 spiro atoms. The lowest BCUT2D eigenvalue weighted by Gasteiger charge is -2.26. The van der Waals surface area contributed by atoms with E-state index in [9.17, 15) is 9.59 Å². The Hall–Kier alpha value is -2.27. The number of rotatable bonds is 4. The Morgan fingerprint density at radius 2 is 1.62 bits per heavy atom. The summed E-state index contributed by atoms with van der Waals surface area (Å²) in [5.74, 6) is -0.853. The van der Waals surface area contributed by atoms with Gasteiger partial charge in [-0.3, -0.25) is 10.1 Å². The maximum absolute atomic E-state index is 12.7. The number of ether oxygens (including phenoxy) is 1. The van der Waals surface area contributed by atoms with Crippen LogP contribution < -0.4 is 5.32 Å². The van der Waals surface area contributed by atoms with Crippen LogP contribution in [0.3, 0.4) is 0 Å². The summed E-state index contributed by atoms with van der Waals surface area (Å²) >= 11 is 1.64. The third kappa shape index (κ3) is 3.46. The van der Waals surface area contributed by atoms with Gasteiger partial charge in [0.25, 0.3) is 0 Å². The van der Waals surface area contributed by atoms with Gasteiger partial charge < -0.3 is 4.74 Å². The Morgan fingerprint density at radius 3 is 2.21 bits per heavy atom. The molecule has 2 amide bonds. The Balaban J connectivity index is 1.84. The van der Waals surface area contributed by atoms with Crippen LogP contribution in [0.2, 0.25) is 0 Å². The predicted molar refractivity (Wildman–Crippen MR) is 93.2 cm³/mol. The molecule has 0 unspecified atom stereocenters. The second-order valence-electron chi connectivity index (χ2n) is 5.59. The van der Waals surface area contributed by atoms with Crippen LogP contribution in [-0.4, -0.2) is 18.6 Å². The maximum atomic E-state index is 12.7. The molecule has 2 aromatic rings. The molecule has 0 atom stereocenters. The summed E-state index contributed by atoms with van der Waals surface area (Å²) in [6, 6.07) is 15.6. The van der Waals surface area contributed by atoms with E-state index in [2.05, 4.69) is 5.32 Å². The largest absolute Gasteiger partial charge is 0.449 e. The number of carbonyl (C=O) groups excluding carboxylic acids is 2. The highest BCUT2D eigenvalue weighted by molar-refractivity contribution is 7.99. The summed E-state index contributed by atoms with van der Waals surface area (Å²) in [6.45, 7) is 2.34. The first-order valence-electron chi connectivity index (χ1n) is 8.04. The lowest BCUT2D eigenvalue weighted by Crippen LogP contribution is -2.36. The van der Waals surface area contributed by atoms with Gasteiger partial charge in [0.1, 0.15) is 0 Å². The third-order valence-corrected chi connectivity index (χ3v) is 5.08. The van der Waals surface area contributed by atoms with Crippen LogP contribution >= 0.6 is 11.8 Å². The fourth-order valence-corrected chi connectivity index (χ4v) is 3.85. The van der Waals surface area contributed by atoms with Crippen molar-refractivity contribution in [2.24, 2.45) is 0 Å². The van der Waals surface area contributed by atoms with E-state index in [0.717, 1.165) is 33.8 Å². The second kappa shape index (κ2) is 7.53. The van der Waals surface area contributed by atoms with Gasteiger partial charge >= 0.3 is 6.09 Å². The summed E-state index contributed by atoms with van der Waals surface area (Å²) in [5.41, 5.74) is 1.83. The van der Waals surface area contributed by atoms with E-state index < -0.39 is 12.0 Å². The van der Waals surface area contributed by atoms with E-state index in [1.54, 1.807) is 11.8 Å². The number of nitrogens with one attached hydrogen (secondary N) is 1. The Morgan fingerprint density at radius 1 is 1.04 bits per heavy atom. The van der Waals surface area contributed by atoms with Crippen LogP contribution in [0.25, 0.3) is 0 Å². The summed E-state index contributed by atoms with van der Waals surface area (Å²) < 4.78 is 5.04. The van der Waals surface area contributed by atoms with Crippen LogP contribution in [0.15, 0.2) is 58.3 Å². The molecule has 1 N–H and O–H groups in total. The molecule has 0 saturated carbocycles. The van der Waals surface area contributed by atoms with Crippen molar-refractivity contribution < 1.29 is 14.3 Å². The smallest absolute Gasteiger partial charge is 0.413 e. The standard InChI is InChI=1S/C19H19NO3S/c1-2-3-12-23-19(22)20-18(21)17-13-8-4-6-10-15(13)24-16-11-7-5-9-14(16)17/h4-11,17H,2-3,12H2,1H3,(H,20,21,22). The number of alkyl carbamates (subject to hydrolysis) is 1. The predicted octanol–water partition coefficient (Wildman–Crippen LogP) is 4.34. The molecule has 3 rings (SSSR count). The maximum Gasteiger partial charge on any atom is 0.413 e. The summed E-state index contributed by atoms with van der Waals surface area (Å²) in [7, 11) is 0. The van der Waals surface area contributed by atoms with Crippen molar-refractivity contribution >= 4 is 23.8 Å². The molecule has 1 heterocycles. The topological polar surface area (TPSA) is 55.4 Å². The van der Waals surface area contributed by atoms with Crippen LogP contribution in [0.5, 0.6) is 0 Å². The lowest BCUT2D eigenvalue weighted by molar-refractivity contribution is -0.121. The number of carbonyl (C=O) groups is 2. The molecule has 2 aromatic carbocycles. The molecule has 1 aliphatic rings. The fraction of sp³-hybridized carbons (Fsp3) is 0.263. The summed E-state index contributed by atoms with van der Waals surface area (Å²) in [6.07, 6.45) is 1.04. The number of hydrogen-bond acceptors (Lipinski definition) is 4. The first-order valence-corrected chi connectivity index (χ1v) is 8.85. The SMILES string of the molecule is CCCCOC(=O)NC(=O)C1c2ccccc2Sc2ccccc21. The van der Waals surface area contributed by atoms with Gasteiger partial charge in [-0.05, 0) is 29.7 Å². The molecule has 4 nitrogen and oxygen atoms in total. The van der Waals surface area contributed by atoms with Crippen molar-refractivity contribution in [3.8, 4) is 0 Å². The Labute approximate surface area is 145 Å². The van der Waals surface area contributed by atoms with E-state index in [0.29, 0.717) is 6.61 Å². The molecule has 0 bridgehead atoms. The monoisotopic (exact) mass is 341 g/mol. The highest BCUT2D eigenvalue weighted by Gasteiger charge is 2.32. The average Bonchev–Trinajstić information content (AvgIpc) is 2.59. The minimum Gasteiger partial charge on any atom is -0.449 e. The molecular formula is C19H19NO3S. The van der Waals surface area contributed by atoms with Gasteiger partial charge in [-0.2, -0.15) is 0 Å². The van der Waals surface area contributed by atoms with Gasteiger partial charge in [-0.1, -0.05) is 61.5 Å². The molecule has 24 heavy (non-hydrogen) atoms. The van der Waals surface area contributed by atoms with Crippen LogP contribution in [0, 0.1) is 0 Å². The van der Waals surface area contributed by atoms with Gasteiger partial charge in [0.15, 0.2) is 0 Å². The van der Waals surface area contributed by atoms with E-state index in [1.165, 1.54) is 0 Å². The molecular weight excluding hydrogens is 322 g/mol. The number of fused-ring (bicyclic) bond motifs is 2. The van der Waals surface area contributed by atoms with Crippen LogP contribution in [0.4, 0.5) is 4.79 Å². The van der Waals surface area contributed by atoms with Crippen molar-refractivity contribution in [3.05, 3.63) is 59.7 Å². The normalized spacial score (nSPS) is 12.9. The van der Waals surface area contributed by atoms with Crippen LogP contribution in [-0.2, 0) is 9.53 Å². The first-order chi connectivity index (χ1) is 11.7. The number of imide groups is 1. The molecule has 0 saturated heterocycles. The van der Waals surface area contributed by atoms with E-state index >= 15 is 0 Å². The van der Waals surface area contributed by atoms with Crippen molar-refractivity contribution in [1.82, 2.24) is 5.32 Å². The fourth-order valence-electron chi connectivity index (χ4n) is 2.71. The highest BCUT2D eigenvalue weighted by Crippen LogP contribution is 2.45. The second-order valence-corrected chi connectivity index (χ2v) is 6.67. The minimum absolute atomic E-state index is 0.323. The molecule has 124 valence electrons. The van der Waals surface area contributed by atoms with Crippen molar-refractivity contribution in [3.63, 3.8) is 0 Å². The zero-order valence-electron chi connectivity index (χ0n) is 13.5. The number of benzene rings is 2. The van der Waals surface area contributed by atoms with Gasteiger partial charge in [0, 0.05) is 9.79 Å². The quantitative estimate of drug-likeness (QED) is 0.841. The molecule has 0 aliphatic carbocycles.